The minimum Gasteiger partial charge on any atom is -0.465 e. The normalized spacial score (nSPS) is 13.9. The van der Waals surface area contributed by atoms with E-state index in [4.69, 9.17) is 16.7 Å². The standard InChI is InChI=1S/C22H29ClN2O5S/c1-17(2)12-15-25(31(29,30)20-10-8-19(23)9-11-20)22(28,13-14-24-21(26)27)16-18-6-4-3-5-7-18/h3-11,17,24,28H,12-16H2,1-2H3,(H,26,27). The fraction of sp³-hybridized carbons (Fsp3) is 0.409. The summed E-state index contributed by atoms with van der Waals surface area (Å²) in [5, 5.41) is 23.3. The van der Waals surface area contributed by atoms with Crippen molar-refractivity contribution in [3.63, 3.8) is 0 Å². The lowest BCUT2D eigenvalue weighted by molar-refractivity contribution is -0.0675. The summed E-state index contributed by atoms with van der Waals surface area (Å²) < 4.78 is 28.2. The van der Waals surface area contributed by atoms with Gasteiger partial charge in [-0.25, -0.2) is 13.2 Å². The molecule has 0 fully saturated rings. The maximum Gasteiger partial charge on any atom is 0.404 e. The van der Waals surface area contributed by atoms with Crippen molar-refractivity contribution >= 4 is 27.7 Å². The molecular formula is C22H29ClN2O5S. The molecule has 1 atom stereocenters. The molecule has 0 aromatic heterocycles. The van der Waals surface area contributed by atoms with Gasteiger partial charge in [0.05, 0.1) is 4.90 Å². The van der Waals surface area contributed by atoms with Crippen LogP contribution in [0.15, 0.2) is 59.5 Å². The van der Waals surface area contributed by atoms with Crippen molar-refractivity contribution in [2.24, 2.45) is 5.92 Å². The largest absolute Gasteiger partial charge is 0.465 e. The third-order valence-corrected chi connectivity index (χ3v) is 7.13. The van der Waals surface area contributed by atoms with Crippen LogP contribution in [0.2, 0.25) is 5.02 Å². The number of benzene rings is 2. The number of halogens is 1. The van der Waals surface area contributed by atoms with Gasteiger partial charge in [-0.05, 0) is 42.2 Å². The quantitative estimate of drug-likeness (QED) is 0.432. The number of rotatable bonds is 11. The Morgan fingerprint density at radius 2 is 1.74 bits per heavy atom. The Bertz CT molecular complexity index is 952. The lowest BCUT2D eigenvalue weighted by Gasteiger charge is -2.39. The topological polar surface area (TPSA) is 107 Å². The predicted molar refractivity (Wildman–Crippen MR) is 121 cm³/mol. The minimum absolute atomic E-state index is 0.0123. The van der Waals surface area contributed by atoms with E-state index in [1.807, 2.05) is 19.9 Å². The van der Waals surface area contributed by atoms with Crippen LogP contribution < -0.4 is 5.32 Å². The van der Waals surface area contributed by atoms with Gasteiger partial charge in [0.15, 0.2) is 0 Å². The first-order chi connectivity index (χ1) is 14.5. The molecular weight excluding hydrogens is 440 g/mol. The van der Waals surface area contributed by atoms with Gasteiger partial charge in [-0.3, -0.25) is 0 Å². The molecule has 1 amide bonds. The Morgan fingerprint density at radius 1 is 1.13 bits per heavy atom. The SMILES string of the molecule is CC(C)CCN(C(O)(CCNC(=O)O)Cc1ccccc1)S(=O)(=O)c1ccc(Cl)cc1. The Labute approximate surface area is 188 Å². The molecule has 0 aliphatic rings. The van der Waals surface area contributed by atoms with Gasteiger partial charge < -0.3 is 15.5 Å². The fourth-order valence-corrected chi connectivity index (χ4v) is 5.06. The smallest absolute Gasteiger partial charge is 0.404 e. The van der Waals surface area contributed by atoms with Crippen molar-refractivity contribution in [2.75, 3.05) is 13.1 Å². The van der Waals surface area contributed by atoms with Crippen LogP contribution in [0.1, 0.15) is 32.3 Å². The van der Waals surface area contributed by atoms with Crippen molar-refractivity contribution in [3.8, 4) is 0 Å². The number of aliphatic hydroxyl groups is 1. The molecule has 0 aliphatic heterocycles. The van der Waals surface area contributed by atoms with Crippen molar-refractivity contribution in [1.82, 2.24) is 9.62 Å². The Morgan fingerprint density at radius 3 is 2.29 bits per heavy atom. The van der Waals surface area contributed by atoms with Gasteiger partial charge in [0.2, 0.25) is 10.0 Å². The number of nitrogens with one attached hydrogen (secondary N) is 1. The predicted octanol–water partition coefficient (Wildman–Crippen LogP) is 3.97. The van der Waals surface area contributed by atoms with Gasteiger partial charge in [0.25, 0.3) is 0 Å². The molecule has 31 heavy (non-hydrogen) atoms. The molecule has 0 saturated carbocycles. The third kappa shape index (κ3) is 7.21. The van der Waals surface area contributed by atoms with Crippen molar-refractivity contribution in [3.05, 3.63) is 65.2 Å². The van der Waals surface area contributed by atoms with E-state index in [1.54, 1.807) is 24.3 Å². The molecule has 0 bridgehead atoms. The zero-order valence-corrected chi connectivity index (χ0v) is 19.2. The summed E-state index contributed by atoms with van der Waals surface area (Å²) in [7, 11) is -4.09. The highest BCUT2D eigenvalue weighted by molar-refractivity contribution is 7.89. The molecule has 2 rings (SSSR count). The zero-order chi connectivity index (χ0) is 23.1. The second-order valence-corrected chi connectivity index (χ2v) is 10.1. The number of nitrogens with zero attached hydrogens (tertiary/aromatic N) is 1. The molecule has 1 unspecified atom stereocenters. The Balaban J connectivity index is 2.50. The average molecular weight is 469 g/mol. The first-order valence-electron chi connectivity index (χ1n) is 10.1. The van der Waals surface area contributed by atoms with E-state index in [-0.39, 0.29) is 36.7 Å². The van der Waals surface area contributed by atoms with Crippen LogP contribution in [0.3, 0.4) is 0 Å². The number of sulfonamides is 1. The molecule has 170 valence electrons. The fourth-order valence-electron chi connectivity index (χ4n) is 3.25. The lowest BCUT2D eigenvalue weighted by Crippen LogP contribution is -2.55. The van der Waals surface area contributed by atoms with Crippen LogP contribution in [-0.4, -0.2) is 47.8 Å². The number of hydrogen-bond acceptors (Lipinski definition) is 4. The van der Waals surface area contributed by atoms with E-state index < -0.39 is 21.8 Å². The second-order valence-electron chi connectivity index (χ2n) is 7.84. The highest BCUT2D eigenvalue weighted by Crippen LogP contribution is 2.30. The van der Waals surface area contributed by atoms with E-state index in [9.17, 15) is 18.3 Å². The summed E-state index contributed by atoms with van der Waals surface area (Å²) in [6.07, 6.45) is -0.813. The molecule has 0 heterocycles. The Kier molecular flexibility index (Phi) is 8.88. The van der Waals surface area contributed by atoms with Crippen LogP contribution >= 0.6 is 11.6 Å². The highest BCUT2D eigenvalue weighted by atomic mass is 35.5. The monoisotopic (exact) mass is 468 g/mol. The lowest BCUT2D eigenvalue weighted by atomic mass is 9.98. The van der Waals surface area contributed by atoms with Gasteiger partial charge in [-0.1, -0.05) is 55.8 Å². The molecule has 2 aromatic carbocycles. The maximum atomic E-state index is 13.6. The van der Waals surface area contributed by atoms with Gasteiger partial charge in [0, 0.05) is 31.0 Å². The van der Waals surface area contributed by atoms with Crippen LogP contribution in [0.4, 0.5) is 4.79 Å². The van der Waals surface area contributed by atoms with E-state index in [0.29, 0.717) is 11.4 Å². The van der Waals surface area contributed by atoms with Crippen LogP contribution in [0, 0.1) is 5.92 Å². The summed E-state index contributed by atoms with van der Waals surface area (Å²) in [5.74, 6) is 0.195. The summed E-state index contributed by atoms with van der Waals surface area (Å²) in [6, 6.07) is 14.8. The number of carboxylic acid groups (broad SMARTS) is 1. The summed E-state index contributed by atoms with van der Waals surface area (Å²) in [6.45, 7) is 3.91. The summed E-state index contributed by atoms with van der Waals surface area (Å²) in [5.41, 5.74) is -1.10. The third-order valence-electron chi connectivity index (χ3n) is 4.91. The molecule has 0 spiro atoms. The average Bonchev–Trinajstić information content (AvgIpc) is 2.68. The van der Waals surface area contributed by atoms with Gasteiger partial charge in [-0.15, -0.1) is 0 Å². The number of hydrogen-bond donors (Lipinski definition) is 3. The molecule has 2 aromatic rings. The van der Waals surface area contributed by atoms with Crippen LogP contribution in [0.5, 0.6) is 0 Å². The van der Waals surface area contributed by atoms with Gasteiger partial charge in [-0.2, -0.15) is 4.31 Å². The van der Waals surface area contributed by atoms with Crippen molar-refractivity contribution in [1.29, 1.82) is 0 Å². The van der Waals surface area contributed by atoms with Gasteiger partial charge >= 0.3 is 6.09 Å². The molecule has 3 N–H and O–H groups in total. The van der Waals surface area contributed by atoms with Crippen molar-refractivity contribution < 1.29 is 23.4 Å². The highest BCUT2D eigenvalue weighted by Gasteiger charge is 2.42. The molecule has 0 radical (unpaired) electrons. The van der Waals surface area contributed by atoms with E-state index in [1.165, 1.54) is 24.3 Å². The van der Waals surface area contributed by atoms with E-state index in [0.717, 1.165) is 9.87 Å². The first kappa shape index (κ1) is 25.1. The van der Waals surface area contributed by atoms with E-state index in [2.05, 4.69) is 5.32 Å². The minimum atomic E-state index is -4.09. The summed E-state index contributed by atoms with van der Waals surface area (Å²) >= 11 is 5.92. The van der Waals surface area contributed by atoms with Gasteiger partial charge in [0.1, 0.15) is 5.72 Å². The summed E-state index contributed by atoms with van der Waals surface area (Å²) in [4.78, 5) is 11.0. The van der Waals surface area contributed by atoms with Crippen molar-refractivity contribution in [2.45, 2.75) is 43.7 Å². The first-order valence-corrected chi connectivity index (χ1v) is 11.9. The molecule has 0 saturated heterocycles. The molecule has 7 nitrogen and oxygen atoms in total. The van der Waals surface area contributed by atoms with E-state index >= 15 is 0 Å². The Hall–Kier alpha value is -2.13. The number of carbonyl (C=O) groups is 1. The molecule has 0 aliphatic carbocycles. The zero-order valence-electron chi connectivity index (χ0n) is 17.7. The van der Waals surface area contributed by atoms with Crippen LogP contribution in [-0.2, 0) is 16.4 Å². The maximum absolute atomic E-state index is 13.6. The number of amides is 1. The molecule has 9 heteroatoms. The second kappa shape index (κ2) is 10.9. The van der Waals surface area contributed by atoms with Crippen LogP contribution in [0.25, 0.3) is 0 Å².